The second kappa shape index (κ2) is 10.2. The Morgan fingerprint density at radius 3 is 2.60 bits per heavy atom. The fraction of sp³-hybridized carbons (Fsp3) is 0.455. The van der Waals surface area contributed by atoms with Crippen molar-refractivity contribution in [2.75, 3.05) is 18.4 Å². The van der Waals surface area contributed by atoms with E-state index in [0.717, 1.165) is 31.4 Å². The number of halogens is 2. The second-order valence-electron chi connectivity index (χ2n) is 7.67. The summed E-state index contributed by atoms with van der Waals surface area (Å²) in [6.45, 7) is 3.13. The first kappa shape index (κ1) is 22.5. The van der Waals surface area contributed by atoms with Gasteiger partial charge in [0, 0.05) is 31.5 Å². The highest BCUT2D eigenvalue weighted by Crippen LogP contribution is 2.30. The van der Waals surface area contributed by atoms with Crippen LogP contribution in [0.1, 0.15) is 38.3 Å². The summed E-state index contributed by atoms with van der Waals surface area (Å²) in [6.07, 6.45) is 5.72. The molecule has 0 saturated heterocycles. The topological polar surface area (TPSA) is 57.6 Å². The van der Waals surface area contributed by atoms with Crippen molar-refractivity contribution >= 4 is 40.8 Å². The number of amides is 3. The van der Waals surface area contributed by atoms with E-state index < -0.39 is 0 Å². The maximum atomic E-state index is 13.2. The van der Waals surface area contributed by atoms with Crippen LogP contribution in [0, 0.1) is 0 Å². The van der Waals surface area contributed by atoms with Crippen LogP contribution in [0.25, 0.3) is 0 Å². The predicted octanol–water partition coefficient (Wildman–Crippen LogP) is 5.16. The van der Waals surface area contributed by atoms with Crippen LogP contribution in [0.15, 0.2) is 36.5 Å². The summed E-state index contributed by atoms with van der Waals surface area (Å²) in [5, 5.41) is 3.46. The van der Waals surface area contributed by atoms with Crippen LogP contribution in [0.3, 0.4) is 0 Å². The maximum absolute atomic E-state index is 13.2. The number of hydrogen-bond donors (Lipinski definition) is 1. The Morgan fingerprint density at radius 1 is 1.20 bits per heavy atom. The molecule has 1 aromatic heterocycles. The highest BCUT2D eigenvalue weighted by molar-refractivity contribution is 6.43. The van der Waals surface area contributed by atoms with E-state index in [1.807, 2.05) is 34.8 Å². The number of urea groups is 1. The van der Waals surface area contributed by atoms with Crippen molar-refractivity contribution in [3.05, 3.63) is 52.3 Å². The molecule has 1 aliphatic carbocycles. The Kier molecular flexibility index (Phi) is 7.67. The molecular weight excluding hydrogens is 423 g/mol. The van der Waals surface area contributed by atoms with Gasteiger partial charge in [-0.3, -0.25) is 4.79 Å². The van der Waals surface area contributed by atoms with Gasteiger partial charge in [-0.05, 0) is 43.5 Å². The SMILES string of the molecule is CCCCN(CC(=O)N(Cc1cccn1C)C1CC1)C(=O)Nc1cccc(Cl)c1Cl. The molecule has 0 aliphatic heterocycles. The van der Waals surface area contributed by atoms with Gasteiger partial charge in [0.15, 0.2) is 0 Å². The molecule has 162 valence electrons. The normalized spacial score (nSPS) is 13.2. The van der Waals surface area contributed by atoms with Crippen LogP contribution in [-0.4, -0.2) is 45.4 Å². The maximum Gasteiger partial charge on any atom is 0.322 e. The number of hydrogen-bond acceptors (Lipinski definition) is 2. The summed E-state index contributed by atoms with van der Waals surface area (Å²) in [4.78, 5) is 29.6. The Morgan fingerprint density at radius 2 is 1.97 bits per heavy atom. The van der Waals surface area contributed by atoms with Crippen LogP contribution in [0.5, 0.6) is 0 Å². The van der Waals surface area contributed by atoms with Gasteiger partial charge >= 0.3 is 6.03 Å². The molecule has 8 heteroatoms. The smallest absolute Gasteiger partial charge is 0.322 e. The Hall–Kier alpha value is -2.18. The number of nitrogens with one attached hydrogen (secondary N) is 1. The minimum Gasteiger partial charge on any atom is -0.353 e. The third-order valence-electron chi connectivity index (χ3n) is 5.28. The van der Waals surface area contributed by atoms with Gasteiger partial charge < -0.3 is 19.7 Å². The molecule has 0 radical (unpaired) electrons. The van der Waals surface area contributed by atoms with Crippen LogP contribution >= 0.6 is 23.2 Å². The minimum absolute atomic E-state index is 0.0327. The van der Waals surface area contributed by atoms with E-state index in [1.54, 1.807) is 23.1 Å². The molecule has 1 aromatic carbocycles. The molecule has 3 amide bonds. The van der Waals surface area contributed by atoms with Crippen LogP contribution in [-0.2, 0) is 18.4 Å². The van der Waals surface area contributed by atoms with E-state index in [1.165, 1.54) is 0 Å². The highest BCUT2D eigenvalue weighted by atomic mass is 35.5. The standard InChI is InChI=1S/C22H28Cl2N4O2/c1-3-4-13-27(22(30)25-19-9-5-8-18(23)21(19)24)15-20(29)28(16-10-11-16)14-17-7-6-12-26(17)2/h5-9,12,16H,3-4,10-11,13-15H2,1-2H3,(H,25,30). The van der Waals surface area contributed by atoms with Crippen LogP contribution < -0.4 is 5.32 Å². The Bertz CT molecular complexity index is 895. The lowest BCUT2D eigenvalue weighted by Gasteiger charge is -2.28. The largest absolute Gasteiger partial charge is 0.353 e. The van der Waals surface area contributed by atoms with Crippen molar-refractivity contribution in [3.63, 3.8) is 0 Å². The lowest BCUT2D eigenvalue weighted by Crippen LogP contribution is -2.45. The first-order chi connectivity index (χ1) is 14.4. The lowest BCUT2D eigenvalue weighted by molar-refractivity contribution is -0.133. The number of aromatic nitrogens is 1. The number of aryl methyl sites for hydroxylation is 1. The van der Waals surface area contributed by atoms with Crippen molar-refractivity contribution < 1.29 is 9.59 Å². The number of carbonyl (C=O) groups is 2. The number of unbranched alkanes of at least 4 members (excludes halogenated alkanes) is 1. The minimum atomic E-state index is -0.351. The summed E-state index contributed by atoms with van der Waals surface area (Å²) in [5.74, 6) is -0.0397. The fourth-order valence-electron chi connectivity index (χ4n) is 3.29. The molecule has 0 spiro atoms. The molecule has 1 heterocycles. The van der Waals surface area contributed by atoms with Crippen molar-refractivity contribution in [1.29, 1.82) is 0 Å². The number of anilines is 1. The lowest BCUT2D eigenvalue weighted by atomic mass is 10.3. The fourth-order valence-corrected chi connectivity index (χ4v) is 3.64. The zero-order valence-electron chi connectivity index (χ0n) is 17.4. The van der Waals surface area contributed by atoms with Crippen molar-refractivity contribution in [2.24, 2.45) is 7.05 Å². The van der Waals surface area contributed by atoms with E-state index in [4.69, 9.17) is 23.2 Å². The molecule has 1 aliphatic rings. The third-order valence-corrected chi connectivity index (χ3v) is 6.10. The summed E-state index contributed by atoms with van der Waals surface area (Å²) < 4.78 is 2.02. The number of nitrogens with zero attached hydrogens (tertiary/aromatic N) is 3. The number of benzene rings is 1. The first-order valence-electron chi connectivity index (χ1n) is 10.3. The molecule has 1 N–H and O–H groups in total. The monoisotopic (exact) mass is 450 g/mol. The van der Waals surface area contributed by atoms with Gasteiger partial charge in [0.1, 0.15) is 6.54 Å². The quantitative estimate of drug-likeness (QED) is 0.573. The summed E-state index contributed by atoms with van der Waals surface area (Å²) >= 11 is 12.3. The van der Waals surface area contributed by atoms with E-state index in [0.29, 0.717) is 23.8 Å². The van der Waals surface area contributed by atoms with Crippen molar-refractivity contribution in [2.45, 2.75) is 45.2 Å². The first-order valence-corrected chi connectivity index (χ1v) is 11.1. The molecule has 0 bridgehead atoms. The number of rotatable bonds is 9. The predicted molar refractivity (Wildman–Crippen MR) is 121 cm³/mol. The molecule has 6 nitrogen and oxygen atoms in total. The van der Waals surface area contributed by atoms with Gasteiger partial charge in [-0.1, -0.05) is 42.6 Å². The Balaban J connectivity index is 1.70. The number of carbonyl (C=O) groups excluding carboxylic acids is 2. The van der Waals surface area contributed by atoms with Gasteiger partial charge in [-0.15, -0.1) is 0 Å². The summed E-state index contributed by atoms with van der Waals surface area (Å²) in [7, 11) is 1.97. The van der Waals surface area contributed by atoms with Gasteiger partial charge in [0.05, 0.1) is 22.3 Å². The molecule has 2 aromatic rings. The summed E-state index contributed by atoms with van der Waals surface area (Å²) in [5.41, 5.74) is 1.51. The molecule has 0 unspecified atom stereocenters. The van der Waals surface area contributed by atoms with E-state index in [9.17, 15) is 9.59 Å². The highest BCUT2D eigenvalue weighted by Gasteiger charge is 2.34. The van der Waals surface area contributed by atoms with Crippen molar-refractivity contribution in [3.8, 4) is 0 Å². The summed E-state index contributed by atoms with van der Waals surface area (Å²) in [6, 6.07) is 8.97. The van der Waals surface area contributed by atoms with E-state index >= 15 is 0 Å². The van der Waals surface area contributed by atoms with E-state index in [-0.39, 0.29) is 29.5 Å². The zero-order valence-corrected chi connectivity index (χ0v) is 18.9. The molecule has 30 heavy (non-hydrogen) atoms. The third kappa shape index (κ3) is 5.70. The average Bonchev–Trinajstić information content (AvgIpc) is 3.48. The van der Waals surface area contributed by atoms with Gasteiger partial charge in [-0.2, -0.15) is 0 Å². The van der Waals surface area contributed by atoms with Gasteiger partial charge in [0.2, 0.25) is 5.91 Å². The van der Waals surface area contributed by atoms with Gasteiger partial charge in [0.25, 0.3) is 0 Å². The van der Waals surface area contributed by atoms with Crippen LogP contribution in [0.2, 0.25) is 10.0 Å². The zero-order chi connectivity index (χ0) is 21.7. The molecule has 1 saturated carbocycles. The van der Waals surface area contributed by atoms with Crippen LogP contribution in [0.4, 0.5) is 10.5 Å². The molecule has 0 atom stereocenters. The Labute approximate surface area is 187 Å². The second-order valence-corrected chi connectivity index (χ2v) is 8.46. The van der Waals surface area contributed by atoms with Crippen molar-refractivity contribution in [1.82, 2.24) is 14.4 Å². The molecular formula is C22H28Cl2N4O2. The molecule has 1 fully saturated rings. The van der Waals surface area contributed by atoms with Gasteiger partial charge in [-0.25, -0.2) is 4.79 Å². The average molecular weight is 451 g/mol. The molecule has 3 rings (SSSR count). The van der Waals surface area contributed by atoms with E-state index in [2.05, 4.69) is 12.2 Å².